The Morgan fingerprint density at radius 1 is 1.23 bits per heavy atom. The molecule has 1 aromatic carbocycles. The van der Waals surface area contributed by atoms with Gasteiger partial charge in [0.15, 0.2) is 5.96 Å². The van der Waals surface area contributed by atoms with E-state index < -0.39 is 5.41 Å². The van der Waals surface area contributed by atoms with Gasteiger partial charge >= 0.3 is 0 Å². The van der Waals surface area contributed by atoms with Gasteiger partial charge in [0.05, 0.1) is 22.0 Å². The molecular formula is C21H34Cl2IN5O. The highest BCUT2D eigenvalue weighted by Gasteiger charge is 2.27. The smallest absolute Gasteiger partial charge is 0.227 e. The SMILES string of the molecule is CCNC(=NCC(C)(C)C(=O)NC)NC1CCN(Cc2ccc(Cl)c(Cl)c2)CC1.I. The molecule has 1 amide bonds. The maximum atomic E-state index is 12.0. The van der Waals surface area contributed by atoms with Gasteiger partial charge in [-0.1, -0.05) is 29.3 Å². The van der Waals surface area contributed by atoms with Crippen molar-refractivity contribution < 1.29 is 4.79 Å². The molecule has 6 nitrogen and oxygen atoms in total. The lowest BCUT2D eigenvalue weighted by Crippen LogP contribution is -2.49. The number of hydrogen-bond donors (Lipinski definition) is 3. The highest BCUT2D eigenvalue weighted by molar-refractivity contribution is 14.0. The van der Waals surface area contributed by atoms with Crippen LogP contribution in [0.1, 0.15) is 39.2 Å². The second-order valence-electron chi connectivity index (χ2n) is 8.10. The Morgan fingerprint density at radius 3 is 2.47 bits per heavy atom. The first kappa shape index (κ1) is 27.3. The number of amides is 1. The van der Waals surface area contributed by atoms with Crippen LogP contribution in [0.4, 0.5) is 0 Å². The summed E-state index contributed by atoms with van der Waals surface area (Å²) in [5.74, 6) is 0.764. The Balaban J connectivity index is 0.00000450. The van der Waals surface area contributed by atoms with E-state index in [-0.39, 0.29) is 29.9 Å². The number of guanidine groups is 1. The molecule has 9 heteroatoms. The van der Waals surface area contributed by atoms with E-state index in [1.165, 1.54) is 5.56 Å². The van der Waals surface area contributed by atoms with Gasteiger partial charge in [-0.15, -0.1) is 24.0 Å². The summed E-state index contributed by atoms with van der Waals surface area (Å²) >= 11 is 12.1. The number of carbonyl (C=O) groups is 1. The molecule has 0 saturated carbocycles. The van der Waals surface area contributed by atoms with Gasteiger partial charge < -0.3 is 16.0 Å². The van der Waals surface area contributed by atoms with E-state index in [9.17, 15) is 4.79 Å². The second-order valence-corrected chi connectivity index (χ2v) is 8.92. The van der Waals surface area contributed by atoms with E-state index in [0.29, 0.717) is 22.6 Å². The van der Waals surface area contributed by atoms with Crippen LogP contribution in [0.15, 0.2) is 23.2 Å². The molecule has 3 N–H and O–H groups in total. The Hall–Kier alpha value is -0.770. The quantitative estimate of drug-likeness (QED) is 0.265. The largest absolute Gasteiger partial charge is 0.359 e. The van der Waals surface area contributed by atoms with Gasteiger partial charge in [-0.05, 0) is 51.3 Å². The molecule has 1 heterocycles. The normalized spacial score (nSPS) is 16.0. The number of nitrogens with one attached hydrogen (secondary N) is 3. The molecular weight excluding hydrogens is 536 g/mol. The number of hydrogen-bond acceptors (Lipinski definition) is 3. The van der Waals surface area contributed by atoms with E-state index >= 15 is 0 Å². The zero-order valence-electron chi connectivity index (χ0n) is 18.2. The van der Waals surface area contributed by atoms with Gasteiger partial charge in [-0.25, -0.2) is 0 Å². The number of nitrogens with zero attached hydrogens (tertiary/aromatic N) is 2. The molecule has 1 aliphatic rings. The lowest BCUT2D eigenvalue weighted by Gasteiger charge is -2.33. The summed E-state index contributed by atoms with van der Waals surface area (Å²) in [5, 5.41) is 10.7. The van der Waals surface area contributed by atoms with Crippen molar-refractivity contribution in [3.05, 3.63) is 33.8 Å². The fourth-order valence-corrected chi connectivity index (χ4v) is 3.65. The topological polar surface area (TPSA) is 68.8 Å². The maximum absolute atomic E-state index is 12.0. The van der Waals surface area contributed by atoms with E-state index in [1.54, 1.807) is 7.05 Å². The molecule has 170 valence electrons. The van der Waals surface area contributed by atoms with Crippen molar-refractivity contribution in [3.8, 4) is 0 Å². The van der Waals surface area contributed by atoms with Crippen molar-refractivity contribution in [3.63, 3.8) is 0 Å². The molecule has 0 bridgehead atoms. The summed E-state index contributed by atoms with van der Waals surface area (Å²) in [7, 11) is 1.66. The van der Waals surface area contributed by atoms with Gasteiger partial charge in [-0.2, -0.15) is 0 Å². The third-order valence-corrected chi connectivity index (χ3v) is 5.88. The lowest BCUT2D eigenvalue weighted by atomic mass is 9.93. The molecule has 2 rings (SSSR count). The third kappa shape index (κ3) is 8.40. The Labute approximate surface area is 207 Å². The van der Waals surface area contributed by atoms with Crippen LogP contribution in [0.5, 0.6) is 0 Å². The van der Waals surface area contributed by atoms with Gasteiger partial charge in [0.25, 0.3) is 0 Å². The monoisotopic (exact) mass is 569 g/mol. The minimum absolute atomic E-state index is 0. The van der Waals surface area contributed by atoms with E-state index in [1.807, 2.05) is 39.0 Å². The van der Waals surface area contributed by atoms with Gasteiger partial charge in [0, 0.05) is 39.3 Å². The predicted molar refractivity (Wildman–Crippen MR) is 137 cm³/mol. The molecule has 0 spiro atoms. The van der Waals surface area contributed by atoms with Crippen molar-refractivity contribution in [2.75, 3.05) is 33.2 Å². The number of benzene rings is 1. The van der Waals surface area contributed by atoms with Crippen LogP contribution in [-0.2, 0) is 11.3 Å². The highest BCUT2D eigenvalue weighted by Crippen LogP contribution is 2.24. The fraction of sp³-hybridized carbons (Fsp3) is 0.619. The molecule has 0 aromatic heterocycles. The molecule has 0 aliphatic carbocycles. The van der Waals surface area contributed by atoms with Crippen LogP contribution in [0, 0.1) is 5.41 Å². The van der Waals surface area contributed by atoms with Crippen molar-refractivity contribution in [2.45, 2.75) is 46.2 Å². The van der Waals surface area contributed by atoms with E-state index in [4.69, 9.17) is 23.2 Å². The van der Waals surface area contributed by atoms with Gasteiger partial charge in [-0.3, -0.25) is 14.7 Å². The number of likely N-dealkylation sites (tertiary alicyclic amines) is 1. The number of carbonyl (C=O) groups excluding carboxylic acids is 1. The van der Waals surface area contributed by atoms with Gasteiger partial charge in [0.1, 0.15) is 0 Å². The van der Waals surface area contributed by atoms with Gasteiger partial charge in [0.2, 0.25) is 5.91 Å². The zero-order valence-corrected chi connectivity index (χ0v) is 22.1. The van der Waals surface area contributed by atoms with E-state index in [0.717, 1.165) is 45.0 Å². The second kappa shape index (κ2) is 12.9. The fourth-order valence-electron chi connectivity index (χ4n) is 3.33. The molecule has 1 fully saturated rings. The van der Waals surface area contributed by atoms with Crippen LogP contribution in [-0.4, -0.2) is 56.0 Å². The summed E-state index contributed by atoms with van der Waals surface area (Å²) in [6.45, 7) is 9.93. The first-order valence-corrected chi connectivity index (χ1v) is 10.9. The average Bonchev–Trinajstić information content (AvgIpc) is 2.70. The van der Waals surface area contributed by atoms with Crippen LogP contribution in [0.2, 0.25) is 10.0 Å². The van der Waals surface area contributed by atoms with Crippen LogP contribution >= 0.6 is 47.2 Å². The summed E-state index contributed by atoms with van der Waals surface area (Å²) in [6.07, 6.45) is 2.06. The molecule has 1 saturated heterocycles. The van der Waals surface area contributed by atoms with Crippen molar-refractivity contribution in [2.24, 2.45) is 10.4 Å². The standard InChI is InChI=1S/C21H33Cl2N5O.HI/c1-5-25-20(26-14-21(2,3)19(29)24-4)27-16-8-10-28(11-9-16)13-15-6-7-17(22)18(23)12-15;/h6-7,12,16H,5,8-11,13-14H2,1-4H3,(H,24,29)(H2,25,26,27);1H. The molecule has 1 aromatic rings. The molecule has 0 atom stereocenters. The highest BCUT2D eigenvalue weighted by atomic mass is 127. The zero-order chi connectivity index (χ0) is 21.4. The van der Waals surface area contributed by atoms with Crippen LogP contribution < -0.4 is 16.0 Å². The van der Waals surface area contributed by atoms with Crippen molar-refractivity contribution in [1.82, 2.24) is 20.9 Å². The summed E-state index contributed by atoms with van der Waals surface area (Å²) in [6, 6.07) is 6.19. The number of piperidine rings is 1. The number of rotatable bonds is 7. The summed E-state index contributed by atoms with van der Waals surface area (Å²) < 4.78 is 0. The first-order valence-electron chi connectivity index (χ1n) is 10.2. The predicted octanol–water partition coefficient (Wildman–Crippen LogP) is 3.90. The Morgan fingerprint density at radius 2 is 1.90 bits per heavy atom. The number of halogens is 3. The third-order valence-electron chi connectivity index (χ3n) is 5.14. The minimum atomic E-state index is -0.541. The van der Waals surface area contributed by atoms with Crippen LogP contribution in [0.3, 0.4) is 0 Å². The summed E-state index contributed by atoms with van der Waals surface area (Å²) in [4.78, 5) is 19.1. The minimum Gasteiger partial charge on any atom is -0.359 e. The molecule has 1 aliphatic heterocycles. The van der Waals surface area contributed by atoms with Crippen molar-refractivity contribution in [1.29, 1.82) is 0 Å². The van der Waals surface area contributed by atoms with E-state index in [2.05, 4.69) is 25.8 Å². The molecule has 30 heavy (non-hydrogen) atoms. The lowest BCUT2D eigenvalue weighted by molar-refractivity contribution is -0.128. The molecule has 0 unspecified atom stereocenters. The van der Waals surface area contributed by atoms with Crippen LogP contribution in [0.25, 0.3) is 0 Å². The average molecular weight is 570 g/mol. The number of aliphatic imine (C=N–C) groups is 1. The molecule has 0 radical (unpaired) electrons. The maximum Gasteiger partial charge on any atom is 0.227 e. The van der Waals surface area contributed by atoms with Crippen molar-refractivity contribution >= 4 is 59.0 Å². The Bertz CT molecular complexity index is 721. The first-order chi connectivity index (χ1) is 13.7. The Kier molecular flexibility index (Phi) is 11.8. The summed E-state index contributed by atoms with van der Waals surface area (Å²) in [5.41, 5.74) is 0.637.